The normalized spacial score (nSPS) is 10.4. The summed E-state index contributed by atoms with van der Waals surface area (Å²) < 4.78 is 1.38. The Hall–Kier alpha value is -1.24. The quantitative estimate of drug-likeness (QED) is 0.407. The molecule has 0 aliphatic heterocycles. The number of aromatic nitrogens is 3. The molecule has 1 heterocycles. The van der Waals surface area contributed by atoms with Crippen molar-refractivity contribution < 1.29 is 9.90 Å². The fourth-order valence-electron chi connectivity index (χ4n) is 1.05. The van der Waals surface area contributed by atoms with Crippen molar-refractivity contribution in [3.63, 3.8) is 0 Å². The maximum atomic E-state index is 10.2. The highest BCUT2D eigenvalue weighted by Crippen LogP contribution is 2.15. The molecule has 6 nitrogen and oxygen atoms in total. The molecule has 84 valence electrons. The van der Waals surface area contributed by atoms with Crippen LogP contribution in [0.5, 0.6) is 0 Å². The standard InChI is InChI=1S/C8H14N4O2S/c9-12-6-10-11-8(12)15-5-3-1-2-4-7(13)14/h6H,1-5,9H2,(H,13,14). The summed E-state index contributed by atoms with van der Waals surface area (Å²) in [5.74, 6) is 5.67. The maximum absolute atomic E-state index is 10.2. The smallest absolute Gasteiger partial charge is 0.303 e. The highest BCUT2D eigenvalue weighted by molar-refractivity contribution is 7.99. The molecule has 1 aromatic heterocycles. The van der Waals surface area contributed by atoms with Crippen LogP contribution < -0.4 is 5.84 Å². The Morgan fingerprint density at radius 2 is 2.33 bits per heavy atom. The summed E-state index contributed by atoms with van der Waals surface area (Å²) in [5, 5.41) is 16.6. The molecule has 0 bridgehead atoms. The second kappa shape index (κ2) is 6.28. The molecular formula is C8H14N4O2S. The number of carboxylic acids is 1. The minimum atomic E-state index is -0.732. The minimum Gasteiger partial charge on any atom is -0.481 e. The average Bonchev–Trinajstić information content (AvgIpc) is 2.57. The number of nitrogens with zero attached hydrogens (tertiary/aromatic N) is 3. The number of aliphatic carboxylic acids is 1. The van der Waals surface area contributed by atoms with E-state index in [1.807, 2.05) is 0 Å². The summed E-state index contributed by atoms with van der Waals surface area (Å²) in [5.41, 5.74) is 0. The van der Waals surface area contributed by atoms with Crippen LogP contribution in [0.3, 0.4) is 0 Å². The maximum Gasteiger partial charge on any atom is 0.303 e. The van der Waals surface area contributed by atoms with Crippen LogP contribution in [0, 0.1) is 0 Å². The Morgan fingerprint density at radius 3 is 2.93 bits per heavy atom. The van der Waals surface area contributed by atoms with Crippen molar-refractivity contribution in [2.75, 3.05) is 11.6 Å². The monoisotopic (exact) mass is 230 g/mol. The molecule has 0 unspecified atom stereocenters. The van der Waals surface area contributed by atoms with Gasteiger partial charge in [-0.1, -0.05) is 18.2 Å². The Kier molecular flexibility index (Phi) is 4.96. The number of nitrogen functional groups attached to an aromatic ring is 1. The molecule has 0 spiro atoms. The fraction of sp³-hybridized carbons (Fsp3) is 0.625. The first-order chi connectivity index (χ1) is 7.20. The van der Waals surface area contributed by atoms with Crippen molar-refractivity contribution in [3.8, 4) is 0 Å². The zero-order chi connectivity index (χ0) is 11.1. The van der Waals surface area contributed by atoms with Crippen LogP contribution >= 0.6 is 11.8 Å². The molecule has 0 atom stereocenters. The van der Waals surface area contributed by atoms with Crippen LogP contribution in [0.1, 0.15) is 25.7 Å². The van der Waals surface area contributed by atoms with E-state index in [0.717, 1.165) is 25.0 Å². The van der Waals surface area contributed by atoms with E-state index in [1.54, 1.807) is 0 Å². The zero-order valence-electron chi connectivity index (χ0n) is 8.30. The average molecular weight is 230 g/mol. The molecule has 0 aliphatic carbocycles. The summed E-state index contributed by atoms with van der Waals surface area (Å²) in [6.07, 6.45) is 4.30. The van der Waals surface area contributed by atoms with Gasteiger partial charge in [-0.25, -0.2) is 4.68 Å². The molecule has 0 radical (unpaired) electrons. The number of unbranched alkanes of at least 4 members (excludes halogenated alkanes) is 2. The third-order valence-corrected chi connectivity index (χ3v) is 2.85. The lowest BCUT2D eigenvalue weighted by Gasteiger charge is -1.99. The molecule has 0 fully saturated rings. The molecule has 0 aromatic carbocycles. The number of rotatable bonds is 7. The first-order valence-corrected chi connectivity index (χ1v) is 5.68. The van der Waals surface area contributed by atoms with Crippen molar-refractivity contribution in [1.82, 2.24) is 14.9 Å². The topological polar surface area (TPSA) is 94.0 Å². The van der Waals surface area contributed by atoms with Gasteiger partial charge in [-0.15, -0.1) is 10.2 Å². The van der Waals surface area contributed by atoms with E-state index < -0.39 is 5.97 Å². The minimum absolute atomic E-state index is 0.248. The first-order valence-electron chi connectivity index (χ1n) is 4.70. The molecule has 1 aromatic rings. The Balaban J connectivity index is 2.03. The molecule has 0 saturated heterocycles. The summed E-state index contributed by atoms with van der Waals surface area (Å²) in [6, 6.07) is 0. The molecule has 0 amide bonds. The number of hydrogen-bond donors (Lipinski definition) is 2. The lowest BCUT2D eigenvalue weighted by molar-refractivity contribution is -0.137. The molecule has 15 heavy (non-hydrogen) atoms. The number of carbonyl (C=O) groups is 1. The lowest BCUT2D eigenvalue weighted by atomic mass is 10.2. The third-order valence-electron chi connectivity index (χ3n) is 1.81. The van der Waals surface area contributed by atoms with Gasteiger partial charge in [0, 0.05) is 12.2 Å². The van der Waals surface area contributed by atoms with E-state index in [9.17, 15) is 4.79 Å². The van der Waals surface area contributed by atoms with Crippen molar-refractivity contribution in [1.29, 1.82) is 0 Å². The summed E-state index contributed by atoms with van der Waals surface area (Å²) in [6.45, 7) is 0. The van der Waals surface area contributed by atoms with E-state index in [2.05, 4.69) is 10.2 Å². The molecule has 3 N–H and O–H groups in total. The van der Waals surface area contributed by atoms with Gasteiger partial charge in [-0.3, -0.25) is 4.79 Å². The number of nitrogens with two attached hydrogens (primary N) is 1. The van der Waals surface area contributed by atoms with Crippen LogP contribution in [0.2, 0.25) is 0 Å². The van der Waals surface area contributed by atoms with Gasteiger partial charge >= 0.3 is 5.97 Å². The predicted molar refractivity (Wildman–Crippen MR) is 57.0 cm³/mol. The zero-order valence-corrected chi connectivity index (χ0v) is 9.11. The summed E-state index contributed by atoms with van der Waals surface area (Å²) in [4.78, 5) is 10.2. The van der Waals surface area contributed by atoms with E-state index in [-0.39, 0.29) is 6.42 Å². The van der Waals surface area contributed by atoms with Crippen LogP contribution in [0.15, 0.2) is 11.5 Å². The number of carboxylic acid groups (broad SMARTS) is 1. The Morgan fingerprint density at radius 1 is 1.53 bits per heavy atom. The Bertz CT molecular complexity index is 315. The summed E-state index contributed by atoms with van der Waals surface area (Å²) in [7, 11) is 0. The lowest BCUT2D eigenvalue weighted by Crippen LogP contribution is -2.07. The van der Waals surface area contributed by atoms with Crippen molar-refractivity contribution in [2.45, 2.75) is 30.8 Å². The van der Waals surface area contributed by atoms with E-state index in [1.165, 1.54) is 22.8 Å². The fourth-order valence-corrected chi connectivity index (χ4v) is 1.89. The molecule has 0 saturated carbocycles. The molecule has 0 aliphatic rings. The van der Waals surface area contributed by atoms with Gasteiger partial charge in [0.1, 0.15) is 6.33 Å². The molecular weight excluding hydrogens is 216 g/mol. The molecule has 7 heteroatoms. The third kappa shape index (κ3) is 4.68. The van der Waals surface area contributed by atoms with Crippen LogP contribution in [-0.4, -0.2) is 31.7 Å². The van der Waals surface area contributed by atoms with E-state index in [4.69, 9.17) is 10.9 Å². The van der Waals surface area contributed by atoms with Gasteiger partial charge in [0.15, 0.2) is 0 Å². The van der Waals surface area contributed by atoms with Crippen LogP contribution in [-0.2, 0) is 4.79 Å². The highest BCUT2D eigenvalue weighted by atomic mass is 32.2. The Labute approximate surface area is 91.8 Å². The number of thioether (sulfide) groups is 1. The SMILES string of the molecule is Nn1cnnc1SCCCCCC(=O)O. The van der Waals surface area contributed by atoms with E-state index >= 15 is 0 Å². The van der Waals surface area contributed by atoms with Gasteiger partial charge in [0.2, 0.25) is 5.16 Å². The first kappa shape index (κ1) is 11.8. The van der Waals surface area contributed by atoms with E-state index in [0.29, 0.717) is 5.16 Å². The number of hydrogen-bond acceptors (Lipinski definition) is 5. The van der Waals surface area contributed by atoms with Crippen molar-refractivity contribution in [2.24, 2.45) is 0 Å². The summed E-state index contributed by atoms with van der Waals surface area (Å²) >= 11 is 1.53. The second-order valence-corrected chi connectivity index (χ2v) is 4.14. The van der Waals surface area contributed by atoms with Gasteiger partial charge in [-0.05, 0) is 12.8 Å². The largest absolute Gasteiger partial charge is 0.481 e. The van der Waals surface area contributed by atoms with Gasteiger partial charge in [0.05, 0.1) is 0 Å². The highest BCUT2D eigenvalue weighted by Gasteiger charge is 2.01. The van der Waals surface area contributed by atoms with Gasteiger partial charge < -0.3 is 10.9 Å². The second-order valence-electron chi connectivity index (χ2n) is 3.07. The van der Waals surface area contributed by atoms with Crippen LogP contribution in [0.4, 0.5) is 0 Å². The van der Waals surface area contributed by atoms with Crippen molar-refractivity contribution in [3.05, 3.63) is 6.33 Å². The van der Waals surface area contributed by atoms with Gasteiger partial charge in [0.25, 0.3) is 0 Å². The molecule has 1 rings (SSSR count). The van der Waals surface area contributed by atoms with Crippen molar-refractivity contribution >= 4 is 17.7 Å². The van der Waals surface area contributed by atoms with Crippen LogP contribution in [0.25, 0.3) is 0 Å². The predicted octanol–water partition coefficient (Wildman–Crippen LogP) is 0.729. The van der Waals surface area contributed by atoms with Gasteiger partial charge in [-0.2, -0.15) is 0 Å².